The first kappa shape index (κ1) is 18.9. The van der Waals surface area contributed by atoms with Crippen LogP contribution in [-0.2, 0) is 24.1 Å². The number of nitrogens with zero attached hydrogens (tertiary/aromatic N) is 1. The number of carbonyl (C=O) groups excluding carboxylic acids is 1. The summed E-state index contributed by atoms with van der Waals surface area (Å²) in [6, 6.07) is 7.45. The van der Waals surface area contributed by atoms with E-state index in [1.807, 2.05) is 0 Å². The van der Waals surface area contributed by atoms with Crippen molar-refractivity contribution in [2.75, 3.05) is 7.11 Å². The number of aromatic nitrogens is 1. The van der Waals surface area contributed by atoms with Gasteiger partial charge < -0.3 is 14.6 Å². The second-order valence-corrected chi connectivity index (χ2v) is 5.54. The summed E-state index contributed by atoms with van der Waals surface area (Å²) in [5.41, 5.74) is -1.23. The van der Waals surface area contributed by atoms with Gasteiger partial charge in [-0.05, 0) is 23.8 Å². The molecule has 0 spiro atoms. The molecule has 1 N–H and O–H groups in total. The van der Waals surface area contributed by atoms with E-state index in [1.165, 1.54) is 7.11 Å². The fourth-order valence-corrected chi connectivity index (χ4v) is 2.29. The fraction of sp³-hybridized carbons (Fsp3) is 0.250. The highest BCUT2D eigenvalue weighted by molar-refractivity contribution is 6.30. The van der Waals surface area contributed by atoms with Gasteiger partial charge >= 0.3 is 6.18 Å². The minimum Gasteiger partial charge on any atom is -0.497 e. The fourth-order valence-electron chi connectivity index (χ4n) is 2.07. The first-order valence-electron chi connectivity index (χ1n) is 7.07. The van der Waals surface area contributed by atoms with Gasteiger partial charge in [0.05, 0.1) is 12.7 Å². The molecule has 1 amide bonds. The molecule has 9 heteroatoms. The number of hydrogen-bond acceptors (Lipinski definition) is 3. The zero-order valence-corrected chi connectivity index (χ0v) is 13.8. The van der Waals surface area contributed by atoms with Crippen molar-refractivity contribution in [1.29, 1.82) is 0 Å². The van der Waals surface area contributed by atoms with Gasteiger partial charge in [-0.15, -0.1) is 0 Å². The van der Waals surface area contributed by atoms with E-state index in [1.54, 1.807) is 24.3 Å². The molecule has 0 saturated carbocycles. The minimum absolute atomic E-state index is 0.136. The molecule has 0 aliphatic heterocycles. The average molecular weight is 375 g/mol. The van der Waals surface area contributed by atoms with Crippen LogP contribution in [0.1, 0.15) is 11.1 Å². The average Bonchev–Trinajstić information content (AvgIpc) is 2.56. The number of methoxy groups -OCH3 is 1. The maximum Gasteiger partial charge on any atom is 0.417 e. The summed E-state index contributed by atoms with van der Waals surface area (Å²) in [5.74, 6) is -0.0204. The van der Waals surface area contributed by atoms with E-state index in [-0.39, 0.29) is 6.54 Å². The lowest BCUT2D eigenvalue weighted by Gasteiger charge is -2.12. The highest BCUT2D eigenvalue weighted by Gasteiger charge is 2.32. The lowest BCUT2D eigenvalue weighted by Crippen LogP contribution is -2.32. The van der Waals surface area contributed by atoms with Gasteiger partial charge in [0, 0.05) is 12.7 Å². The zero-order valence-electron chi connectivity index (χ0n) is 13.1. The third-order valence-corrected chi connectivity index (χ3v) is 3.58. The number of amides is 1. The number of carbonyl (C=O) groups is 1. The summed E-state index contributed by atoms with van der Waals surface area (Å²) >= 11 is 5.54. The number of benzene rings is 1. The molecule has 134 valence electrons. The summed E-state index contributed by atoms with van der Waals surface area (Å²) in [6.07, 6.45) is -4.10. The molecule has 0 aliphatic rings. The predicted molar refractivity (Wildman–Crippen MR) is 85.6 cm³/mol. The van der Waals surface area contributed by atoms with Crippen molar-refractivity contribution >= 4 is 17.5 Å². The van der Waals surface area contributed by atoms with Crippen LogP contribution in [0.25, 0.3) is 0 Å². The zero-order chi connectivity index (χ0) is 18.6. The minimum atomic E-state index is -4.67. The molecule has 0 fully saturated rings. The Bertz CT molecular complexity index is 834. The van der Waals surface area contributed by atoms with Gasteiger partial charge in [0.2, 0.25) is 5.91 Å². The Kier molecular flexibility index (Phi) is 5.73. The van der Waals surface area contributed by atoms with E-state index < -0.39 is 34.8 Å². The molecule has 1 heterocycles. The van der Waals surface area contributed by atoms with Crippen molar-refractivity contribution in [3.63, 3.8) is 0 Å². The third-order valence-electron chi connectivity index (χ3n) is 3.31. The van der Waals surface area contributed by atoms with Crippen molar-refractivity contribution in [3.05, 3.63) is 63.0 Å². The number of hydrogen-bond donors (Lipinski definition) is 1. The van der Waals surface area contributed by atoms with E-state index in [2.05, 4.69) is 5.32 Å². The summed E-state index contributed by atoms with van der Waals surface area (Å²) < 4.78 is 44.0. The van der Waals surface area contributed by atoms with E-state index >= 15 is 0 Å². The number of pyridine rings is 1. The standard InChI is InChI=1S/C16H14ClF3N2O3/c1-25-12-4-2-3-10(5-12)7-21-14(23)9-22-8-11(16(18,19)20)6-13(17)15(22)24/h2-6,8H,7,9H2,1H3,(H,21,23). The smallest absolute Gasteiger partial charge is 0.417 e. The number of nitrogens with one attached hydrogen (secondary N) is 1. The molecule has 0 bridgehead atoms. The Morgan fingerprint density at radius 1 is 1.32 bits per heavy atom. The Labute approximate surface area is 146 Å². The van der Waals surface area contributed by atoms with Crippen LogP contribution >= 0.6 is 11.6 Å². The van der Waals surface area contributed by atoms with Crippen molar-refractivity contribution in [2.24, 2.45) is 0 Å². The van der Waals surface area contributed by atoms with E-state index in [0.717, 1.165) is 5.56 Å². The van der Waals surface area contributed by atoms with Crippen LogP contribution in [0.4, 0.5) is 13.2 Å². The van der Waals surface area contributed by atoms with Gasteiger partial charge in [-0.3, -0.25) is 9.59 Å². The highest BCUT2D eigenvalue weighted by atomic mass is 35.5. The molecule has 0 radical (unpaired) electrons. The summed E-state index contributed by atoms with van der Waals surface area (Å²) in [7, 11) is 1.50. The van der Waals surface area contributed by atoms with Crippen LogP contribution in [0.15, 0.2) is 41.3 Å². The Balaban J connectivity index is 2.10. The van der Waals surface area contributed by atoms with Gasteiger partial charge in [0.25, 0.3) is 5.56 Å². The normalized spacial score (nSPS) is 11.2. The van der Waals surface area contributed by atoms with Crippen molar-refractivity contribution in [2.45, 2.75) is 19.3 Å². The summed E-state index contributed by atoms with van der Waals surface area (Å²) in [4.78, 5) is 23.7. The van der Waals surface area contributed by atoms with Gasteiger partial charge in [0.15, 0.2) is 0 Å². The molecule has 25 heavy (non-hydrogen) atoms. The van der Waals surface area contributed by atoms with Crippen LogP contribution in [0, 0.1) is 0 Å². The quantitative estimate of drug-likeness (QED) is 0.875. The van der Waals surface area contributed by atoms with Gasteiger partial charge in [0.1, 0.15) is 17.3 Å². The molecule has 5 nitrogen and oxygen atoms in total. The highest BCUT2D eigenvalue weighted by Crippen LogP contribution is 2.29. The molecule has 0 unspecified atom stereocenters. The second kappa shape index (κ2) is 7.60. The SMILES string of the molecule is COc1cccc(CNC(=O)Cn2cc(C(F)(F)F)cc(Cl)c2=O)c1. The van der Waals surface area contributed by atoms with Gasteiger partial charge in [-0.1, -0.05) is 23.7 Å². The molecular weight excluding hydrogens is 361 g/mol. The molecule has 2 rings (SSSR count). The second-order valence-electron chi connectivity index (χ2n) is 5.14. The molecule has 0 aliphatic carbocycles. The van der Waals surface area contributed by atoms with E-state index in [4.69, 9.17) is 16.3 Å². The summed E-state index contributed by atoms with van der Waals surface area (Å²) in [6.45, 7) is -0.441. The molecule has 1 aromatic heterocycles. The summed E-state index contributed by atoms with van der Waals surface area (Å²) in [5, 5.41) is 1.92. The van der Waals surface area contributed by atoms with E-state index in [0.29, 0.717) is 22.6 Å². The molecule has 0 saturated heterocycles. The molecule has 0 atom stereocenters. The number of alkyl halides is 3. The topological polar surface area (TPSA) is 60.3 Å². The molecule has 2 aromatic rings. The van der Waals surface area contributed by atoms with Crippen LogP contribution in [0.2, 0.25) is 5.02 Å². The van der Waals surface area contributed by atoms with Crippen molar-refractivity contribution in [1.82, 2.24) is 9.88 Å². The van der Waals surface area contributed by atoms with Gasteiger partial charge in [-0.25, -0.2) is 0 Å². The lowest BCUT2D eigenvalue weighted by atomic mass is 10.2. The monoisotopic (exact) mass is 374 g/mol. The Morgan fingerprint density at radius 3 is 2.68 bits per heavy atom. The Morgan fingerprint density at radius 2 is 2.04 bits per heavy atom. The third kappa shape index (κ3) is 4.99. The van der Waals surface area contributed by atoms with Crippen LogP contribution < -0.4 is 15.6 Å². The maximum atomic E-state index is 12.8. The van der Waals surface area contributed by atoms with Gasteiger partial charge in [-0.2, -0.15) is 13.2 Å². The lowest BCUT2D eigenvalue weighted by molar-refractivity contribution is -0.138. The number of rotatable bonds is 5. The molecular formula is C16H14ClF3N2O3. The first-order valence-corrected chi connectivity index (χ1v) is 7.45. The number of halogens is 4. The van der Waals surface area contributed by atoms with Crippen LogP contribution in [-0.4, -0.2) is 17.6 Å². The Hall–Kier alpha value is -2.48. The van der Waals surface area contributed by atoms with E-state index in [9.17, 15) is 22.8 Å². The van der Waals surface area contributed by atoms with Crippen LogP contribution in [0.3, 0.4) is 0 Å². The predicted octanol–water partition coefficient (Wildman–Crippen LogP) is 2.85. The maximum absolute atomic E-state index is 12.8. The van der Waals surface area contributed by atoms with Crippen LogP contribution in [0.5, 0.6) is 5.75 Å². The largest absolute Gasteiger partial charge is 0.497 e. The van der Waals surface area contributed by atoms with Crippen molar-refractivity contribution in [3.8, 4) is 5.75 Å². The van der Waals surface area contributed by atoms with Crippen molar-refractivity contribution < 1.29 is 22.7 Å². The number of ether oxygens (including phenoxy) is 1. The first-order chi connectivity index (χ1) is 11.7. The molecule has 1 aromatic carbocycles.